The van der Waals surface area contributed by atoms with Crippen molar-refractivity contribution in [1.82, 2.24) is 10.3 Å². The molecular formula is C22H21F3N4O3. The summed E-state index contributed by atoms with van der Waals surface area (Å²) in [5, 5.41) is 14.1. The quantitative estimate of drug-likeness (QED) is 0.595. The van der Waals surface area contributed by atoms with Gasteiger partial charge in [-0.3, -0.25) is 4.79 Å². The highest BCUT2D eigenvalue weighted by atomic mass is 19.4. The molecule has 0 saturated heterocycles. The largest absolute Gasteiger partial charge is 0.542 e. The number of alkyl halides is 3. The zero-order chi connectivity index (χ0) is 23.6. The van der Waals surface area contributed by atoms with Gasteiger partial charge in [-0.2, -0.15) is 13.2 Å². The van der Waals surface area contributed by atoms with Gasteiger partial charge in [-0.15, -0.1) is 0 Å². The standard InChI is InChI=1S/C20H20N4O.C2HF3O2/c1-23(2)15-6-4-13(5-7-15)11-21-16-10-17-18-14(8-9-24(17)3)12-22-19(18)20(16)25;3-2(4,5)1(6)7/h4-10,12H,11H2,1-3H3,(H,21,22,25);(H,6,7). The second-order valence-electron chi connectivity index (χ2n) is 7.39. The number of carboxylic acid groups (broad SMARTS) is 1. The second kappa shape index (κ2) is 8.74. The molecule has 1 aliphatic rings. The Balaban J connectivity index is 0.000000360. The monoisotopic (exact) mass is 446 g/mol. The van der Waals surface area contributed by atoms with Crippen LogP contribution in [0.2, 0.25) is 0 Å². The first-order valence-corrected chi connectivity index (χ1v) is 9.53. The molecule has 0 unspecified atom stereocenters. The summed E-state index contributed by atoms with van der Waals surface area (Å²) in [4.78, 5) is 26.7. The molecular weight excluding hydrogens is 425 g/mol. The fraction of sp³-hybridized carbons (Fsp3) is 0.227. The number of aromatic nitrogens is 2. The average Bonchev–Trinajstić information content (AvgIpc) is 3.16. The summed E-state index contributed by atoms with van der Waals surface area (Å²) in [6.45, 7) is 0.612. The highest BCUT2D eigenvalue weighted by molar-refractivity contribution is 6.20. The smallest absolute Gasteiger partial charge is 0.430 e. The molecule has 0 radical (unpaired) electrons. The van der Waals surface area contributed by atoms with Crippen molar-refractivity contribution >= 4 is 34.3 Å². The fourth-order valence-electron chi connectivity index (χ4n) is 3.23. The van der Waals surface area contributed by atoms with Crippen LogP contribution in [0.1, 0.15) is 21.7 Å². The first-order chi connectivity index (χ1) is 15.0. The number of carboxylic acids is 1. The van der Waals surface area contributed by atoms with Crippen LogP contribution in [0, 0.1) is 0 Å². The Labute approximate surface area is 181 Å². The van der Waals surface area contributed by atoms with E-state index < -0.39 is 12.1 Å². The van der Waals surface area contributed by atoms with E-state index in [0.29, 0.717) is 17.9 Å². The number of aryl methyl sites for hydroxylation is 1. The minimum Gasteiger partial charge on any atom is -0.542 e. The lowest BCUT2D eigenvalue weighted by molar-refractivity contribution is -0.671. The Morgan fingerprint density at radius 3 is 2.38 bits per heavy atom. The second-order valence-corrected chi connectivity index (χ2v) is 7.39. The van der Waals surface area contributed by atoms with Gasteiger partial charge in [-0.25, -0.2) is 4.57 Å². The van der Waals surface area contributed by atoms with E-state index >= 15 is 0 Å². The molecule has 0 saturated carbocycles. The van der Waals surface area contributed by atoms with E-state index in [-0.39, 0.29) is 5.78 Å². The minimum absolute atomic E-state index is 0.0126. The number of halogens is 3. The van der Waals surface area contributed by atoms with E-state index in [2.05, 4.69) is 39.5 Å². The molecule has 168 valence electrons. The van der Waals surface area contributed by atoms with Gasteiger partial charge in [0.1, 0.15) is 18.7 Å². The lowest BCUT2D eigenvalue weighted by Gasteiger charge is -2.15. The zero-order valence-corrected chi connectivity index (χ0v) is 17.6. The van der Waals surface area contributed by atoms with Gasteiger partial charge in [0.25, 0.3) is 0 Å². The summed E-state index contributed by atoms with van der Waals surface area (Å²) < 4.78 is 33.6. The van der Waals surface area contributed by atoms with Crippen molar-refractivity contribution in [3.8, 4) is 0 Å². The van der Waals surface area contributed by atoms with Gasteiger partial charge in [0.15, 0.2) is 6.20 Å². The van der Waals surface area contributed by atoms with Crippen molar-refractivity contribution in [2.75, 3.05) is 19.0 Å². The molecule has 10 heteroatoms. The maximum absolute atomic E-state index is 12.8. The molecule has 0 bridgehead atoms. The number of hydrogen-bond donors (Lipinski definition) is 2. The van der Waals surface area contributed by atoms with Crippen molar-refractivity contribution in [1.29, 1.82) is 0 Å². The minimum atomic E-state index is -5.19. The Hall–Kier alpha value is -3.82. The molecule has 0 atom stereocenters. The van der Waals surface area contributed by atoms with Gasteiger partial charge in [0.2, 0.25) is 11.5 Å². The number of benzene rings is 1. The van der Waals surface area contributed by atoms with Crippen LogP contribution in [-0.4, -0.2) is 37.0 Å². The third-order valence-electron chi connectivity index (χ3n) is 4.94. The van der Waals surface area contributed by atoms with Crippen LogP contribution in [0.3, 0.4) is 0 Å². The number of rotatable bonds is 4. The van der Waals surface area contributed by atoms with E-state index in [1.54, 1.807) is 0 Å². The molecule has 2 heterocycles. The van der Waals surface area contributed by atoms with Crippen LogP contribution >= 0.6 is 0 Å². The summed E-state index contributed by atoms with van der Waals surface area (Å²) in [5.41, 5.74) is 4.62. The number of carbonyl (C=O) groups excluding carboxylic acids is 2. The number of nitrogens with one attached hydrogen (secondary N) is 2. The molecule has 1 aromatic carbocycles. The van der Waals surface area contributed by atoms with E-state index in [0.717, 1.165) is 27.7 Å². The van der Waals surface area contributed by atoms with Crippen molar-refractivity contribution < 1.29 is 32.4 Å². The Morgan fingerprint density at radius 2 is 1.81 bits per heavy atom. The van der Waals surface area contributed by atoms with Crippen LogP contribution in [0.5, 0.6) is 0 Å². The topological polar surface area (TPSA) is 92.1 Å². The molecule has 2 N–H and O–H groups in total. The van der Waals surface area contributed by atoms with Gasteiger partial charge in [-0.05, 0) is 17.7 Å². The number of aliphatic carboxylic acids is 1. The summed E-state index contributed by atoms with van der Waals surface area (Å²) in [7, 11) is 6.04. The average molecular weight is 446 g/mol. The maximum Gasteiger partial charge on any atom is 0.430 e. The van der Waals surface area contributed by atoms with Crippen LogP contribution in [0.25, 0.3) is 16.8 Å². The zero-order valence-electron chi connectivity index (χ0n) is 17.6. The van der Waals surface area contributed by atoms with Crippen LogP contribution in [0.15, 0.2) is 48.4 Å². The molecule has 1 aliphatic carbocycles. The molecule has 0 fully saturated rings. The number of anilines is 1. The lowest BCUT2D eigenvalue weighted by Crippen LogP contribution is -2.37. The van der Waals surface area contributed by atoms with Crippen molar-refractivity contribution in [2.45, 2.75) is 12.7 Å². The first kappa shape index (κ1) is 22.9. The number of carbonyl (C=O) groups is 2. The highest BCUT2D eigenvalue weighted by Gasteiger charge is 2.29. The predicted molar refractivity (Wildman–Crippen MR) is 110 cm³/mol. The van der Waals surface area contributed by atoms with Crippen molar-refractivity contribution in [3.63, 3.8) is 0 Å². The molecule has 0 aliphatic heterocycles. The van der Waals surface area contributed by atoms with Crippen LogP contribution in [-0.2, 0) is 18.4 Å². The van der Waals surface area contributed by atoms with Gasteiger partial charge < -0.3 is 25.1 Å². The summed E-state index contributed by atoms with van der Waals surface area (Å²) in [5.74, 6) is -2.99. The molecule has 7 nitrogen and oxygen atoms in total. The van der Waals surface area contributed by atoms with Crippen LogP contribution < -0.4 is 19.9 Å². The van der Waals surface area contributed by atoms with Crippen LogP contribution in [0.4, 0.5) is 18.9 Å². The van der Waals surface area contributed by atoms with E-state index in [4.69, 9.17) is 9.90 Å². The number of hydrogen-bond acceptors (Lipinski definition) is 5. The normalized spacial score (nSPS) is 12.7. The number of ketones is 1. The summed E-state index contributed by atoms with van der Waals surface area (Å²) in [6, 6.07) is 10.3. The lowest BCUT2D eigenvalue weighted by atomic mass is 10.0. The fourth-order valence-corrected chi connectivity index (χ4v) is 3.23. The van der Waals surface area contributed by atoms with Gasteiger partial charge >= 0.3 is 6.18 Å². The van der Waals surface area contributed by atoms with Gasteiger partial charge in [-0.1, -0.05) is 12.1 Å². The van der Waals surface area contributed by atoms with E-state index in [1.807, 2.05) is 50.2 Å². The molecule has 0 spiro atoms. The highest BCUT2D eigenvalue weighted by Crippen LogP contribution is 2.28. The Bertz CT molecular complexity index is 1200. The molecule has 4 rings (SSSR count). The number of Topliss-reactive ketones (excluding diaryl/α,β-unsaturated/α-hetero) is 1. The van der Waals surface area contributed by atoms with E-state index in [1.165, 1.54) is 0 Å². The van der Waals surface area contributed by atoms with Gasteiger partial charge in [0.05, 0.1) is 11.1 Å². The summed E-state index contributed by atoms with van der Waals surface area (Å²) >= 11 is 0. The number of H-pyrrole nitrogens is 1. The molecule has 2 aromatic heterocycles. The third kappa shape index (κ3) is 4.74. The molecule has 32 heavy (non-hydrogen) atoms. The van der Waals surface area contributed by atoms with E-state index in [9.17, 15) is 18.0 Å². The Kier molecular flexibility index (Phi) is 6.24. The summed E-state index contributed by atoms with van der Waals surface area (Å²) in [6.07, 6.45) is 0.654. The third-order valence-corrected chi connectivity index (χ3v) is 4.94. The Morgan fingerprint density at radius 1 is 1.19 bits per heavy atom. The SMILES string of the molecule is CN(C)c1ccc(CNC2=Cc3c4c([nH]cc4cc[n+]3C)C2=O)cc1.O=C([O-])C(F)(F)F. The number of nitrogens with zero attached hydrogens (tertiary/aromatic N) is 2. The van der Waals surface area contributed by atoms with Crippen molar-refractivity contribution in [2.24, 2.45) is 7.05 Å². The van der Waals surface area contributed by atoms with Gasteiger partial charge in [0, 0.05) is 50.1 Å². The molecule has 3 aromatic rings. The number of pyridine rings is 1. The van der Waals surface area contributed by atoms with Crippen molar-refractivity contribution in [3.05, 3.63) is 65.4 Å². The maximum atomic E-state index is 12.8. The molecule has 0 amide bonds. The predicted octanol–water partition coefficient (Wildman–Crippen LogP) is 1.68. The first-order valence-electron chi connectivity index (χ1n) is 9.53. The number of aromatic amines is 1. The number of allylic oxidation sites excluding steroid dienone is 1.